The molecule has 6 rings (SSSR count). The minimum atomic E-state index is -0.578. The molecule has 0 amide bonds. The number of pyridine rings is 2. The van der Waals surface area contributed by atoms with Gasteiger partial charge in [0.2, 0.25) is 0 Å². The molecule has 1 aromatic carbocycles. The van der Waals surface area contributed by atoms with Gasteiger partial charge in [-0.3, -0.25) is 14.7 Å². The van der Waals surface area contributed by atoms with Crippen LogP contribution in [0.3, 0.4) is 0 Å². The second-order valence-corrected chi connectivity index (χ2v) is 9.84. The summed E-state index contributed by atoms with van der Waals surface area (Å²) in [5.74, 6) is 0.204. The molecule has 3 aliphatic heterocycles. The first kappa shape index (κ1) is 22.7. The number of aliphatic hydroxyl groups is 1. The number of nitrogens with zero attached hydrogens (tertiary/aromatic N) is 3. The first-order chi connectivity index (χ1) is 17.0. The van der Waals surface area contributed by atoms with Gasteiger partial charge in [0, 0.05) is 56.0 Å². The predicted molar refractivity (Wildman–Crippen MR) is 129 cm³/mol. The summed E-state index contributed by atoms with van der Waals surface area (Å²) in [6.07, 6.45) is 1.82. The van der Waals surface area contributed by atoms with Gasteiger partial charge in [-0.15, -0.1) is 0 Å². The lowest BCUT2D eigenvalue weighted by atomic mass is 9.97. The minimum Gasteiger partial charge on any atom is -0.486 e. The molecule has 0 saturated carbocycles. The van der Waals surface area contributed by atoms with Gasteiger partial charge in [-0.2, -0.15) is 0 Å². The van der Waals surface area contributed by atoms with E-state index in [0.717, 1.165) is 35.1 Å². The van der Waals surface area contributed by atoms with Gasteiger partial charge in [-0.25, -0.2) is 4.39 Å². The van der Waals surface area contributed by atoms with Crippen LogP contribution in [0.15, 0.2) is 35.3 Å². The van der Waals surface area contributed by atoms with E-state index in [9.17, 15) is 14.3 Å². The fourth-order valence-corrected chi connectivity index (χ4v) is 5.81. The Labute approximate surface area is 206 Å². The summed E-state index contributed by atoms with van der Waals surface area (Å²) < 4.78 is 26.9. The number of halogens is 2. The van der Waals surface area contributed by atoms with Crippen molar-refractivity contribution in [2.24, 2.45) is 0 Å². The maximum absolute atomic E-state index is 14.3. The Morgan fingerprint density at radius 2 is 2.09 bits per heavy atom. The Kier molecular flexibility index (Phi) is 5.88. The fraction of sp³-hybridized carbons (Fsp3) is 0.440. The van der Waals surface area contributed by atoms with Crippen molar-refractivity contribution >= 4 is 22.6 Å². The molecule has 0 aliphatic carbocycles. The number of rotatable bonds is 5. The van der Waals surface area contributed by atoms with Crippen LogP contribution in [0.2, 0.25) is 5.02 Å². The molecule has 2 N–H and O–H groups in total. The fourth-order valence-electron chi connectivity index (χ4n) is 5.52. The van der Waals surface area contributed by atoms with Crippen molar-refractivity contribution < 1.29 is 19.0 Å². The second-order valence-electron chi connectivity index (χ2n) is 9.44. The molecule has 35 heavy (non-hydrogen) atoms. The lowest BCUT2D eigenvalue weighted by Gasteiger charge is -2.37. The zero-order valence-electron chi connectivity index (χ0n) is 19.0. The number of hydrogen-bond acceptors (Lipinski definition) is 7. The van der Waals surface area contributed by atoms with Crippen LogP contribution in [0.5, 0.6) is 11.5 Å². The Bertz CT molecular complexity index is 1350. The summed E-state index contributed by atoms with van der Waals surface area (Å²) in [5, 5.41) is 14.8. The predicted octanol–water partition coefficient (Wildman–Crippen LogP) is 2.28. The van der Waals surface area contributed by atoms with Crippen LogP contribution < -0.4 is 20.3 Å². The first-order valence-corrected chi connectivity index (χ1v) is 12.3. The third-order valence-electron chi connectivity index (χ3n) is 7.17. The van der Waals surface area contributed by atoms with Crippen molar-refractivity contribution in [1.29, 1.82) is 0 Å². The molecule has 184 valence electrons. The number of fused-ring (bicyclic) bond motifs is 1. The molecule has 3 aromatic rings. The molecule has 1 fully saturated rings. The van der Waals surface area contributed by atoms with Gasteiger partial charge < -0.3 is 24.5 Å². The second kappa shape index (κ2) is 9.05. The topological polar surface area (TPSA) is 88.9 Å². The molecule has 10 heteroatoms. The average Bonchev–Trinajstić information content (AvgIpc) is 3.23. The molecule has 2 aromatic heterocycles. The molecule has 1 unspecified atom stereocenters. The van der Waals surface area contributed by atoms with Gasteiger partial charge in [0.1, 0.15) is 13.2 Å². The number of piperidine rings is 1. The highest BCUT2D eigenvalue weighted by molar-refractivity contribution is 6.32. The van der Waals surface area contributed by atoms with Gasteiger partial charge in [0.15, 0.2) is 17.3 Å². The maximum atomic E-state index is 14.3. The highest BCUT2D eigenvalue weighted by atomic mass is 35.5. The molecular weight excluding hydrogens is 475 g/mol. The van der Waals surface area contributed by atoms with Crippen LogP contribution in [0.25, 0.3) is 11.0 Å². The summed E-state index contributed by atoms with van der Waals surface area (Å²) in [6, 6.07) is 6.41. The van der Waals surface area contributed by atoms with Crippen molar-refractivity contribution in [2.45, 2.75) is 37.6 Å². The highest BCUT2D eigenvalue weighted by Gasteiger charge is 2.33. The largest absolute Gasteiger partial charge is 0.486 e. The van der Waals surface area contributed by atoms with Crippen molar-refractivity contribution in [2.75, 3.05) is 32.8 Å². The van der Waals surface area contributed by atoms with E-state index in [1.807, 2.05) is 0 Å². The quantitative estimate of drug-likeness (QED) is 0.555. The van der Waals surface area contributed by atoms with Crippen LogP contribution in [0.1, 0.15) is 23.5 Å². The number of hydrogen-bond donors (Lipinski definition) is 2. The maximum Gasteiger partial charge on any atom is 0.251 e. The summed E-state index contributed by atoms with van der Waals surface area (Å²) in [5.41, 5.74) is 3.24. The number of likely N-dealkylation sites (tertiary alicyclic amines) is 1. The molecule has 5 heterocycles. The van der Waals surface area contributed by atoms with Crippen LogP contribution in [0, 0.1) is 5.82 Å². The van der Waals surface area contributed by atoms with E-state index in [1.54, 1.807) is 29.0 Å². The first-order valence-electron chi connectivity index (χ1n) is 11.9. The molecule has 0 bridgehead atoms. The lowest BCUT2D eigenvalue weighted by Crippen LogP contribution is -2.53. The van der Waals surface area contributed by atoms with Gasteiger partial charge >= 0.3 is 0 Å². The number of ether oxygens (including phenoxy) is 2. The van der Waals surface area contributed by atoms with E-state index in [4.69, 9.17) is 21.1 Å². The standard InChI is InChI=1S/C25H26ClFN4O4/c26-16-10-29-19-1-2-22(33)31-12-15(23(16)24(19)31)11-30-4-3-18(20(32)13-30)28-9-14-7-17(27)25-21(8-14)34-5-6-35-25/h1-2,7-8,10,15,18,20,28,32H,3-6,9,11-13H2/t15?,18-,20-/m1/s1. The van der Waals surface area contributed by atoms with Crippen molar-refractivity contribution in [3.63, 3.8) is 0 Å². The number of nitrogens with one attached hydrogen (secondary N) is 1. The zero-order chi connectivity index (χ0) is 24.1. The summed E-state index contributed by atoms with van der Waals surface area (Å²) in [6.45, 7) is 3.70. The SMILES string of the molecule is O=c1ccc2ncc(Cl)c3c2n1CC3CN1CC[C@@H](NCc2cc(F)c3c(c2)OCCO3)[C@H](O)C1. The van der Waals surface area contributed by atoms with Gasteiger partial charge in [0.05, 0.1) is 22.2 Å². The van der Waals surface area contributed by atoms with E-state index in [1.165, 1.54) is 6.07 Å². The number of benzene rings is 1. The summed E-state index contributed by atoms with van der Waals surface area (Å²) in [4.78, 5) is 19.0. The summed E-state index contributed by atoms with van der Waals surface area (Å²) in [7, 11) is 0. The number of aliphatic hydroxyl groups excluding tert-OH is 1. The molecule has 0 spiro atoms. The van der Waals surface area contributed by atoms with Crippen LogP contribution in [-0.2, 0) is 13.1 Å². The molecule has 0 radical (unpaired) electrons. The molecule has 8 nitrogen and oxygen atoms in total. The van der Waals surface area contributed by atoms with Gasteiger partial charge in [-0.05, 0) is 36.7 Å². The van der Waals surface area contributed by atoms with E-state index in [2.05, 4.69) is 15.2 Å². The van der Waals surface area contributed by atoms with Crippen LogP contribution in [-0.4, -0.2) is 64.6 Å². The Hall–Kier alpha value is -2.72. The number of β-amino-alcohol motifs (C(OH)–C–C–N with tert-alkyl or cyclic N) is 1. The molecule has 3 aliphatic rings. The van der Waals surface area contributed by atoms with Gasteiger partial charge in [-0.1, -0.05) is 11.6 Å². The van der Waals surface area contributed by atoms with E-state index in [-0.39, 0.29) is 23.3 Å². The van der Waals surface area contributed by atoms with Crippen molar-refractivity contribution in [3.8, 4) is 11.5 Å². The minimum absolute atomic E-state index is 0.0520. The molecule has 3 atom stereocenters. The average molecular weight is 501 g/mol. The Balaban J connectivity index is 1.10. The Morgan fingerprint density at radius 1 is 1.23 bits per heavy atom. The summed E-state index contributed by atoms with van der Waals surface area (Å²) >= 11 is 6.51. The van der Waals surface area contributed by atoms with Crippen LogP contribution in [0.4, 0.5) is 4.39 Å². The monoisotopic (exact) mass is 500 g/mol. The van der Waals surface area contributed by atoms with E-state index >= 15 is 0 Å². The van der Waals surface area contributed by atoms with E-state index in [0.29, 0.717) is 50.2 Å². The normalized spacial score (nSPS) is 23.7. The highest BCUT2D eigenvalue weighted by Crippen LogP contribution is 2.38. The smallest absolute Gasteiger partial charge is 0.251 e. The molecular formula is C25H26ClFN4O4. The van der Waals surface area contributed by atoms with Crippen molar-refractivity contribution in [1.82, 2.24) is 19.8 Å². The van der Waals surface area contributed by atoms with Crippen molar-refractivity contribution in [3.05, 3.63) is 62.8 Å². The van der Waals surface area contributed by atoms with Crippen LogP contribution >= 0.6 is 11.6 Å². The number of aromatic nitrogens is 2. The van der Waals surface area contributed by atoms with Gasteiger partial charge in [0.25, 0.3) is 5.56 Å². The Morgan fingerprint density at radius 3 is 2.94 bits per heavy atom. The lowest BCUT2D eigenvalue weighted by molar-refractivity contribution is 0.0369. The molecule has 1 saturated heterocycles. The zero-order valence-corrected chi connectivity index (χ0v) is 19.8. The third-order valence-corrected chi connectivity index (χ3v) is 7.47. The van der Waals surface area contributed by atoms with E-state index < -0.39 is 11.9 Å². The third kappa shape index (κ3) is 4.16.